The number of aromatic hydroxyl groups is 1. The molecule has 0 aliphatic carbocycles. The Morgan fingerprint density at radius 1 is 0.804 bits per heavy atom. The maximum Gasteiger partial charge on any atom is 0.267 e. The molecule has 6 N–H and O–H groups in total. The number of hydrogen-bond donors (Lipinski definition) is 5. The van der Waals surface area contributed by atoms with Crippen molar-refractivity contribution in [3.8, 4) is 5.75 Å². The van der Waals surface area contributed by atoms with Crippen LogP contribution in [0.25, 0.3) is 10.9 Å². The number of H-pyrrole nitrogens is 1. The van der Waals surface area contributed by atoms with Crippen LogP contribution in [0.5, 0.6) is 5.75 Å². The number of aliphatic hydroxyl groups excluding tert-OH is 1. The Bertz CT molecular complexity index is 1220. The first kappa shape index (κ1) is 33.7. The van der Waals surface area contributed by atoms with Gasteiger partial charge >= 0.3 is 0 Å². The SMILES string of the molecule is NC1CCN(CCN2C3CCC2CC(O)C3)CC1.O=C(NC1CCN(CCN2CCCCCC2)CC1)c1cc2c(O)cccc2[nH]1. The zero-order chi connectivity index (χ0) is 31.9. The fourth-order valence-corrected chi connectivity index (χ4v) is 8.51. The van der Waals surface area contributed by atoms with Crippen molar-refractivity contribution in [2.24, 2.45) is 5.73 Å². The van der Waals surface area contributed by atoms with Gasteiger partial charge in [-0.15, -0.1) is 0 Å². The highest BCUT2D eigenvalue weighted by atomic mass is 16.3. The average molecular weight is 638 g/mol. The van der Waals surface area contributed by atoms with E-state index in [0.29, 0.717) is 29.2 Å². The highest BCUT2D eigenvalue weighted by molar-refractivity contribution is 5.99. The van der Waals surface area contributed by atoms with Gasteiger partial charge in [-0.1, -0.05) is 18.9 Å². The second kappa shape index (κ2) is 16.3. The molecule has 10 heteroatoms. The van der Waals surface area contributed by atoms with Crippen LogP contribution in [0.3, 0.4) is 0 Å². The third-order valence-corrected chi connectivity index (χ3v) is 11.4. The minimum Gasteiger partial charge on any atom is -0.507 e. The summed E-state index contributed by atoms with van der Waals surface area (Å²) in [6.45, 7) is 11.7. The number of phenolic OH excluding ortho intramolecular Hbond substituents is 1. The van der Waals surface area contributed by atoms with Crippen molar-refractivity contribution in [1.82, 2.24) is 29.9 Å². The molecule has 2 atom stereocenters. The maximum absolute atomic E-state index is 12.6. The molecule has 10 nitrogen and oxygen atoms in total. The number of likely N-dealkylation sites (tertiary alicyclic amines) is 3. The van der Waals surface area contributed by atoms with E-state index in [0.717, 1.165) is 63.7 Å². The fraction of sp³-hybridized carbons (Fsp3) is 0.750. The first-order valence-electron chi connectivity index (χ1n) is 18.4. The van der Waals surface area contributed by atoms with Crippen LogP contribution in [0.2, 0.25) is 0 Å². The number of nitrogens with two attached hydrogens (primary N) is 1. The summed E-state index contributed by atoms with van der Waals surface area (Å²) in [6.07, 6.45) is 14.3. The van der Waals surface area contributed by atoms with Crippen LogP contribution < -0.4 is 11.1 Å². The van der Waals surface area contributed by atoms with E-state index in [2.05, 4.69) is 29.9 Å². The summed E-state index contributed by atoms with van der Waals surface area (Å²) in [7, 11) is 0. The predicted molar refractivity (Wildman–Crippen MR) is 184 cm³/mol. The first-order chi connectivity index (χ1) is 22.4. The van der Waals surface area contributed by atoms with E-state index in [-0.39, 0.29) is 23.8 Å². The number of nitrogens with one attached hydrogen (secondary N) is 2. The Hall–Kier alpha value is -2.21. The van der Waals surface area contributed by atoms with Crippen molar-refractivity contribution in [2.45, 2.75) is 107 Å². The standard InChI is InChI=1S/C22H32N4O2.C14H27N3O/c27-21-7-5-6-19-18(21)16-20(24-19)22(28)23-17-8-12-26(13-9-17)15-14-25-10-3-1-2-4-11-25;15-11-3-5-16(6-4-11)7-8-17-12-1-2-13(17)10-14(18)9-12/h5-7,16-17,24,27H,1-4,8-15H2,(H,23,28);11-14,18H,1-10,15H2. The quantitative estimate of drug-likeness (QED) is 0.299. The molecule has 0 radical (unpaired) electrons. The van der Waals surface area contributed by atoms with E-state index >= 15 is 0 Å². The number of carbonyl (C=O) groups excluding carboxylic acids is 1. The molecule has 6 heterocycles. The molecule has 0 spiro atoms. The molecule has 7 rings (SSSR count). The van der Waals surface area contributed by atoms with Crippen molar-refractivity contribution in [3.05, 3.63) is 30.0 Å². The summed E-state index contributed by atoms with van der Waals surface area (Å²) in [6, 6.07) is 8.99. The van der Waals surface area contributed by atoms with Crippen LogP contribution in [0.4, 0.5) is 0 Å². The van der Waals surface area contributed by atoms with E-state index in [1.165, 1.54) is 84.3 Å². The van der Waals surface area contributed by atoms with Gasteiger partial charge < -0.3 is 40.9 Å². The van der Waals surface area contributed by atoms with Gasteiger partial charge in [0.05, 0.1) is 6.10 Å². The number of benzene rings is 1. The van der Waals surface area contributed by atoms with E-state index in [4.69, 9.17) is 5.73 Å². The highest BCUT2D eigenvalue weighted by Crippen LogP contribution is 2.35. The number of rotatable bonds is 8. The van der Waals surface area contributed by atoms with Crippen LogP contribution in [0.15, 0.2) is 24.3 Å². The number of piperidine rings is 3. The summed E-state index contributed by atoms with van der Waals surface area (Å²) >= 11 is 0. The highest BCUT2D eigenvalue weighted by Gasteiger charge is 2.39. The van der Waals surface area contributed by atoms with Gasteiger partial charge in [-0.05, 0) is 109 Å². The van der Waals surface area contributed by atoms with Gasteiger partial charge in [0.25, 0.3) is 5.91 Å². The van der Waals surface area contributed by atoms with Crippen molar-refractivity contribution < 1.29 is 15.0 Å². The number of nitrogens with zero attached hydrogens (tertiary/aromatic N) is 4. The number of amides is 1. The van der Waals surface area contributed by atoms with Crippen molar-refractivity contribution in [2.75, 3.05) is 65.4 Å². The van der Waals surface area contributed by atoms with Gasteiger partial charge in [-0.3, -0.25) is 9.69 Å². The Morgan fingerprint density at radius 3 is 2.02 bits per heavy atom. The van der Waals surface area contributed by atoms with Crippen LogP contribution in [0.1, 0.15) is 87.5 Å². The zero-order valence-electron chi connectivity index (χ0n) is 27.9. The number of hydrogen-bond acceptors (Lipinski definition) is 8. The lowest BCUT2D eigenvalue weighted by Gasteiger charge is -2.39. The van der Waals surface area contributed by atoms with Crippen molar-refractivity contribution in [3.63, 3.8) is 0 Å². The predicted octanol–water partition coefficient (Wildman–Crippen LogP) is 3.34. The third kappa shape index (κ3) is 9.02. The lowest BCUT2D eigenvalue weighted by Crippen LogP contribution is -2.49. The summed E-state index contributed by atoms with van der Waals surface area (Å²) in [4.78, 5) is 26.1. The van der Waals surface area contributed by atoms with Gasteiger partial charge in [0.1, 0.15) is 11.4 Å². The Morgan fingerprint density at radius 2 is 1.39 bits per heavy atom. The largest absolute Gasteiger partial charge is 0.507 e. The molecule has 1 amide bonds. The molecule has 5 fully saturated rings. The molecule has 5 aliphatic heterocycles. The molecular formula is C36H59N7O3. The molecule has 2 unspecified atom stereocenters. The van der Waals surface area contributed by atoms with Gasteiger partial charge in [0, 0.05) is 74.3 Å². The lowest BCUT2D eigenvalue weighted by molar-refractivity contribution is 0.0288. The van der Waals surface area contributed by atoms with Crippen molar-refractivity contribution in [1.29, 1.82) is 0 Å². The average Bonchev–Trinajstić information content (AvgIpc) is 3.48. The summed E-state index contributed by atoms with van der Waals surface area (Å²) in [5, 5.41) is 23.6. The summed E-state index contributed by atoms with van der Waals surface area (Å²) in [5.74, 6) is 0.115. The van der Waals surface area contributed by atoms with E-state index in [9.17, 15) is 15.0 Å². The third-order valence-electron chi connectivity index (χ3n) is 11.4. The normalized spacial score (nSPS) is 27.7. The summed E-state index contributed by atoms with van der Waals surface area (Å²) in [5.41, 5.74) is 7.24. The van der Waals surface area contributed by atoms with E-state index in [1.54, 1.807) is 18.2 Å². The number of aromatic amines is 1. The number of aromatic nitrogens is 1. The zero-order valence-corrected chi connectivity index (χ0v) is 27.9. The number of fused-ring (bicyclic) bond motifs is 3. The van der Waals surface area contributed by atoms with Crippen LogP contribution in [-0.4, -0.2) is 136 Å². The maximum atomic E-state index is 12.6. The molecule has 2 bridgehead atoms. The number of aliphatic hydroxyl groups is 1. The molecule has 256 valence electrons. The molecule has 1 aromatic carbocycles. The smallest absolute Gasteiger partial charge is 0.267 e. The molecule has 5 aliphatic rings. The van der Waals surface area contributed by atoms with Gasteiger partial charge in [-0.2, -0.15) is 0 Å². The fourth-order valence-electron chi connectivity index (χ4n) is 8.51. The topological polar surface area (TPSA) is 124 Å². The van der Waals surface area contributed by atoms with E-state index in [1.807, 2.05) is 6.07 Å². The van der Waals surface area contributed by atoms with Crippen LogP contribution >= 0.6 is 0 Å². The molecule has 1 aromatic heterocycles. The molecular weight excluding hydrogens is 578 g/mol. The van der Waals surface area contributed by atoms with Gasteiger partial charge in [0.15, 0.2) is 0 Å². The Kier molecular flexibility index (Phi) is 11.9. The summed E-state index contributed by atoms with van der Waals surface area (Å²) < 4.78 is 0. The lowest BCUT2D eigenvalue weighted by atomic mass is 10.00. The van der Waals surface area contributed by atoms with Crippen LogP contribution in [-0.2, 0) is 0 Å². The minimum atomic E-state index is -0.0846. The van der Waals surface area contributed by atoms with Crippen LogP contribution in [0, 0.1) is 0 Å². The Labute approximate surface area is 275 Å². The second-order valence-electron chi connectivity index (χ2n) is 14.7. The number of carbonyl (C=O) groups is 1. The van der Waals surface area contributed by atoms with Gasteiger partial charge in [0.2, 0.25) is 0 Å². The molecule has 5 saturated heterocycles. The van der Waals surface area contributed by atoms with E-state index < -0.39 is 0 Å². The molecule has 0 saturated carbocycles. The van der Waals surface area contributed by atoms with Crippen molar-refractivity contribution >= 4 is 16.8 Å². The Balaban J connectivity index is 0.000000178. The monoisotopic (exact) mass is 637 g/mol. The molecule has 46 heavy (non-hydrogen) atoms. The molecule has 2 aromatic rings. The second-order valence-corrected chi connectivity index (χ2v) is 14.7. The minimum absolute atomic E-state index is 0.0354. The number of phenols is 1. The first-order valence-corrected chi connectivity index (χ1v) is 18.4. The van der Waals surface area contributed by atoms with Gasteiger partial charge in [-0.25, -0.2) is 0 Å².